The summed E-state index contributed by atoms with van der Waals surface area (Å²) in [6.07, 6.45) is 0. The van der Waals surface area contributed by atoms with Crippen molar-refractivity contribution in [2.24, 2.45) is 0 Å². The van der Waals surface area contributed by atoms with E-state index in [-0.39, 0.29) is 28.4 Å². The quantitative estimate of drug-likeness (QED) is 0.0434. The maximum Gasteiger partial charge on any atom is 0.344 e. The summed E-state index contributed by atoms with van der Waals surface area (Å²) in [5, 5.41) is 39.5. The monoisotopic (exact) mass is 769 g/mol. The Labute approximate surface area is 323 Å². The molecule has 0 fully saturated rings. The number of carbonyl (C=O) groups excluding carboxylic acids is 2. The van der Waals surface area contributed by atoms with E-state index in [0.29, 0.717) is 23.0 Å². The molecule has 0 aliphatic rings. The van der Waals surface area contributed by atoms with Gasteiger partial charge in [0, 0.05) is 17.5 Å². The van der Waals surface area contributed by atoms with Crippen LogP contribution >= 0.6 is 0 Å². The smallest absolute Gasteiger partial charge is 0.344 e. The van der Waals surface area contributed by atoms with Crippen LogP contribution in [0.5, 0.6) is 40.2 Å². The van der Waals surface area contributed by atoms with Gasteiger partial charge in [-0.2, -0.15) is 0 Å². The van der Waals surface area contributed by atoms with E-state index in [4.69, 9.17) is 18.9 Å². The lowest BCUT2D eigenvalue weighted by Crippen LogP contribution is -2.18. The summed E-state index contributed by atoms with van der Waals surface area (Å²) in [5.41, 5.74) is -0.326. The van der Waals surface area contributed by atoms with Crippen molar-refractivity contribution in [1.82, 2.24) is 0 Å². The summed E-state index contributed by atoms with van der Waals surface area (Å²) in [7, 11) is 0. The van der Waals surface area contributed by atoms with E-state index in [1.807, 2.05) is 48.5 Å². The number of hydrogen-bond acceptors (Lipinski definition) is 11. The number of phenols is 1. The molecule has 14 heteroatoms. The molecular weight excluding hydrogens is 738 g/mol. The molecule has 0 spiro atoms. The minimum absolute atomic E-state index is 0.0751. The minimum atomic E-state index is -1.43. The fourth-order valence-corrected chi connectivity index (χ4v) is 5.68. The maximum absolute atomic E-state index is 12.7. The van der Waals surface area contributed by atoms with E-state index in [9.17, 15) is 44.6 Å². The van der Waals surface area contributed by atoms with E-state index < -0.39 is 51.0 Å². The number of esters is 2. The van der Waals surface area contributed by atoms with Gasteiger partial charge in [-0.3, -0.25) is 10.1 Å². The van der Waals surface area contributed by atoms with Crippen LogP contribution in [0.1, 0.15) is 66.4 Å². The van der Waals surface area contributed by atoms with Crippen molar-refractivity contribution >= 4 is 29.6 Å². The first-order valence-corrected chi connectivity index (χ1v) is 17.0. The molecular formula is C43H31NO13. The Morgan fingerprint density at radius 1 is 0.509 bits per heavy atom. The third-order valence-corrected chi connectivity index (χ3v) is 8.81. The van der Waals surface area contributed by atoms with E-state index in [1.54, 1.807) is 24.3 Å². The predicted octanol–water partition coefficient (Wildman–Crippen LogP) is 9.05. The first-order chi connectivity index (χ1) is 27.2. The van der Waals surface area contributed by atoms with Gasteiger partial charge in [0.25, 0.3) is 5.69 Å². The van der Waals surface area contributed by atoms with Crippen molar-refractivity contribution in [2.75, 3.05) is 0 Å². The summed E-state index contributed by atoms with van der Waals surface area (Å²) in [5.74, 6) is -2.81. The van der Waals surface area contributed by atoms with Gasteiger partial charge < -0.3 is 34.3 Å². The topological polar surface area (TPSA) is 209 Å². The molecule has 57 heavy (non-hydrogen) atoms. The molecule has 0 atom stereocenters. The van der Waals surface area contributed by atoms with Gasteiger partial charge in [-0.25, -0.2) is 19.2 Å². The number of nitrogens with zero attached hydrogens (tertiary/aromatic N) is 1. The summed E-state index contributed by atoms with van der Waals surface area (Å²) >= 11 is 0. The van der Waals surface area contributed by atoms with Gasteiger partial charge >= 0.3 is 23.9 Å². The Kier molecular flexibility index (Phi) is 11.0. The van der Waals surface area contributed by atoms with Crippen LogP contribution in [0.4, 0.5) is 5.69 Å². The number of phenolic OH excluding ortho intramolecular Hbond substituents is 1. The average Bonchev–Trinajstić information content (AvgIpc) is 3.19. The zero-order valence-electron chi connectivity index (χ0n) is 30.1. The molecule has 0 unspecified atom stereocenters. The van der Waals surface area contributed by atoms with Crippen LogP contribution in [0.15, 0.2) is 133 Å². The third-order valence-electron chi connectivity index (χ3n) is 8.81. The number of nitro groups is 1. The van der Waals surface area contributed by atoms with Crippen molar-refractivity contribution in [3.8, 4) is 40.2 Å². The largest absolute Gasteiger partial charge is 0.508 e. The van der Waals surface area contributed by atoms with Gasteiger partial charge in [-0.1, -0.05) is 38.1 Å². The Morgan fingerprint density at radius 3 is 1.32 bits per heavy atom. The predicted molar refractivity (Wildman–Crippen MR) is 203 cm³/mol. The summed E-state index contributed by atoms with van der Waals surface area (Å²) < 4.78 is 22.5. The molecule has 0 aliphatic heterocycles. The average molecular weight is 770 g/mol. The molecule has 0 saturated carbocycles. The number of nitro benzene ring substituents is 1. The fourth-order valence-electron chi connectivity index (χ4n) is 5.68. The molecule has 14 nitrogen and oxygen atoms in total. The normalized spacial score (nSPS) is 10.9. The number of non-ortho nitro benzene ring substituents is 1. The lowest BCUT2D eigenvalue weighted by Gasteiger charge is -2.26. The molecule has 0 amide bonds. The van der Waals surface area contributed by atoms with Crippen LogP contribution in [0.3, 0.4) is 0 Å². The van der Waals surface area contributed by atoms with E-state index >= 15 is 0 Å². The number of carboxylic acids is 2. The molecule has 6 aromatic carbocycles. The Morgan fingerprint density at radius 2 is 0.895 bits per heavy atom. The number of hydrogen-bond donors (Lipinski definition) is 3. The number of aromatic hydroxyl groups is 1. The van der Waals surface area contributed by atoms with Crippen LogP contribution in [0.25, 0.3) is 0 Å². The summed E-state index contributed by atoms with van der Waals surface area (Å²) in [4.78, 5) is 58.8. The van der Waals surface area contributed by atoms with Gasteiger partial charge in [0.15, 0.2) is 0 Å². The number of carbonyl (C=O) groups is 4. The molecule has 286 valence electrons. The highest BCUT2D eigenvalue weighted by atomic mass is 16.6. The molecule has 6 rings (SSSR count). The van der Waals surface area contributed by atoms with Crippen LogP contribution in [-0.2, 0) is 5.41 Å². The number of benzene rings is 6. The molecule has 0 radical (unpaired) electrons. The van der Waals surface area contributed by atoms with Crippen molar-refractivity contribution in [2.45, 2.75) is 19.3 Å². The third kappa shape index (κ3) is 9.04. The zero-order chi connectivity index (χ0) is 40.9. The SMILES string of the molecule is CC(C)(c1ccc(Oc2ccc(OC(=O)c3ccc(O)cc3C(=O)O)cc2)cc1)c1ccc(Oc2ccc(OC(=O)c3cc([N+](=O)[O-])ccc3C(=O)O)cc2)cc1. The highest BCUT2D eigenvalue weighted by molar-refractivity contribution is 6.04. The molecule has 0 aromatic heterocycles. The second-order valence-corrected chi connectivity index (χ2v) is 12.9. The molecule has 3 N–H and O–H groups in total. The van der Waals surface area contributed by atoms with E-state index in [2.05, 4.69) is 13.8 Å². The Bertz CT molecular complexity index is 2490. The highest BCUT2D eigenvalue weighted by Gasteiger charge is 2.25. The van der Waals surface area contributed by atoms with Crippen LogP contribution < -0.4 is 18.9 Å². The highest BCUT2D eigenvalue weighted by Crippen LogP contribution is 2.35. The Balaban J connectivity index is 1.04. The standard InChI is InChI=1S/C43H31NO13/c1-43(2,25-3-9-29(10-4-25)54-31-13-17-33(18-14-31)56-41(50)36-22-8-28(45)24-37(36)40(48)49)26-5-11-30(12-6-26)55-32-15-19-34(20-16-32)57-42(51)38-23-27(44(52)53)7-21-35(38)39(46)47/h3-24,45H,1-2H3,(H,46,47)(H,48,49). The second kappa shape index (κ2) is 16.2. The summed E-state index contributed by atoms with van der Waals surface area (Å²) in [6, 6.07) is 33.5. The minimum Gasteiger partial charge on any atom is -0.508 e. The van der Waals surface area contributed by atoms with Crippen molar-refractivity contribution in [3.05, 3.63) is 177 Å². The number of aromatic carboxylic acids is 2. The molecule has 6 aromatic rings. The lowest BCUT2D eigenvalue weighted by molar-refractivity contribution is -0.384. The number of rotatable bonds is 13. The fraction of sp³-hybridized carbons (Fsp3) is 0.0698. The molecule has 0 saturated heterocycles. The van der Waals surface area contributed by atoms with Gasteiger partial charge in [0.05, 0.1) is 27.2 Å². The van der Waals surface area contributed by atoms with Crippen molar-refractivity contribution in [1.29, 1.82) is 0 Å². The molecule has 0 bridgehead atoms. The van der Waals surface area contributed by atoms with Crippen molar-refractivity contribution in [3.63, 3.8) is 0 Å². The van der Waals surface area contributed by atoms with Crippen LogP contribution in [0, 0.1) is 10.1 Å². The summed E-state index contributed by atoms with van der Waals surface area (Å²) in [6.45, 7) is 4.15. The first kappa shape index (κ1) is 38.7. The molecule has 0 heterocycles. The van der Waals surface area contributed by atoms with Crippen molar-refractivity contribution < 1.29 is 58.4 Å². The molecule has 0 aliphatic carbocycles. The van der Waals surface area contributed by atoms with Gasteiger partial charge in [-0.05, 0) is 108 Å². The van der Waals surface area contributed by atoms with Crippen LogP contribution in [-0.4, -0.2) is 44.1 Å². The van der Waals surface area contributed by atoms with Crippen LogP contribution in [0.2, 0.25) is 0 Å². The first-order valence-electron chi connectivity index (χ1n) is 17.0. The van der Waals surface area contributed by atoms with Gasteiger partial charge in [0.2, 0.25) is 0 Å². The maximum atomic E-state index is 12.7. The number of ether oxygens (including phenoxy) is 4. The zero-order valence-corrected chi connectivity index (χ0v) is 30.1. The Hall–Kier alpha value is -8.00. The lowest BCUT2D eigenvalue weighted by atomic mass is 9.78. The van der Waals surface area contributed by atoms with E-state index in [0.717, 1.165) is 35.4 Å². The van der Waals surface area contributed by atoms with E-state index in [1.165, 1.54) is 36.4 Å². The number of carboxylic acid groups (broad SMARTS) is 2. The van der Waals surface area contributed by atoms with Gasteiger partial charge in [-0.15, -0.1) is 0 Å². The second-order valence-electron chi connectivity index (χ2n) is 12.9. The van der Waals surface area contributed by atoms with Gasteiger partial charge in [0.1, 0.15) is 40.2 Å².